The summed E-state index contributed by atoms with van der Waals surface area (Å²) in [4.78, 5) is 16.8. The van der Waals surface area contributed by atoms with E-state index in [-0.39, 0.29) is 24.7 Å². The Bertz CT molecular complexity index is 858. The number of carbonyl (C=O) groups excluding carboxylic acids is 1. The van der Waals surface area contributed by atoms with Crippen molar-refractivity contribution in [3.63, 3.8) is 0 Å². The Morgan fingerprint density at radius 1 is 1.10 bits per heavy atom. The largest absolute Gasteiger partial charge is 0.350 e. The zero-order chi connectivity index (χ0) is 21.7. The quantitative estimate of drug-likeness (QED) is 0.576. The van der Waals surface area contributed by atoms with E-state index >= 15 is 0 Å². The molecule has 3 aliphatic heterocycles. The molecule has 3 aliphatic rings. The van der Waals surface area contributed by atoms with E-state index in [9.17, 15) is 4.79 Å². The topological polar surface area (TPSA) is 88.1 Å². The maximum Gasteiger partial charge on any atom is 0.247 e. The summed E-state index contributed by atoms with van der Waals surface area (Å²) in [6.45, 7) is 9.32. The number of hydrogen-bond acceptors (Lipinski definition) is 7. The minimum Gasteiger partial charge on any atom is -0.350 e. The van der Waals surface area contributed by atoms with Gasteiger partial charge in [-0.05, 0) is 52.4 Å². The first-order valence-electron chi connectivity index (χ1n) is 10.1. The molecule has 0 aromatic carbocycles. The van der Waals surface area contributed by atoms with Crippen LogP contribution in [-0.4, -0.2) is 67.6 Å². The normalized spacial score (nSPS) is 34.3. The molecule has 3 fully saturated rings. The molecule has 0 spiro atoms. The predicted octanol–water partition coefficient (Wildman–Crippen LogP) is 0.791. The molecule has 1 amide bonds. The molecule has 4 heterocycles. The highest BCUT2D eigenvalue weighted by atomic mass is 16.9. The van der Waals surface area contributed by atoms with E-state index < -0.39 is 30.1 Å². The lowest BCUT2D eigenvalue weighted by Gasteiger charge is -2.37. The Labute approximate surface area is 177 Å². The molecule has 8 nitrogen and oxygen atoms in total. The lowest BCUT2D eigenvalue weighted by Crippen LogP contribution is -2.57. The number of hydrogen-bond donors (Lipinski definition) is 1. The summed E-state index contributed by atoms with van der Waals surface area (Å²) in [5.41, 5.74) is 1.52. The van der Waals surface area contributed by atoms with Gasteiger partial charge in [0, 0.05) is 12.1 Å². The van der Waals surface area contributed by atoms with E-state index in [1.54, 1.807) is 31.2 Å². The summed E-state index contributed by atoms with van der Waals surface area (Å²) < 4.78 is 30.1. The molecule has 9 heteroatoms. The molecule has 1 aromatic rings. The summed E-state index contributed by atoms with van der Waals surface area (Å²) in [6, 6.07) is 5.27. The van der Waals surface area contributed by atoms with Gasteiger partial charge in [-0.3, -0.25) is 9.78 Å². The van der Waals surface area contributed by atoms with Crippen LogP contribution in [0, 0.1) is 0 Å². The maximum atomic E-state index is 12.6. The lowest BCUT2D eigenvalue weighted by molar-refractivity contribution is -0.232. The van der Waals surface area contributed by atoms with E-state index in [2.05, 4.69) is 10.3 Å². The molecule has 1 N–H and O–H groups in total. The number of nitrogens with zero attached hydrogens (tertiary/aromatic N) is 1. The first-order valence-corrected chi connectivity index (χ1v) is 10.1. The SMILES string of the molecule is [B]c1cccc(/C=C(\C)C(=O)NCC2O[C@@H]3OC(C)(C)O[C@H]3[C@H]3OC(C)(C)O[C@@H]23)n1. The first kappa shape index (κ1) is 21.5. The van der Waals surface area contributed by atoms with E-state index in [0.717, 1.165) is 0 Å². The van der Waals surface area contributed by atoms with Crippen LogP contribution in [0.2, 0.25) is 0 Å². The van der Waals surface area contributed by atoms with Crippen LogP contribution in [-0.2, 0) is 28.5 Å². The first-order chi connectivity index (χ1) is 14.0. The monoisotopic (exact) mass is 414 g/mol. The van der Waals surface area contributed by atoms with E-state index in [1.807, 2.05) is 27.7 Å². The molecule has 0 aliphatic carbocycles. The van der Waals surface area contributed by atoms with Gasteiger partial charge in [0.25, 0.3) is 0 Å². The molecular weight excluding hydrogens is 387 g/mol. The zero-order valence-corrected chi connectivity index (χ0v) is 17.9. The van der Waals surface area contributed by atoms with Crippen LogP contribution in [0.25, 0.3) is 6.08 Å². The highest BCUT2D eigenvalue weighted by Gasteiger charge is 2.60. The average Bonchev–Trinajstić information content (AvgIpc) is 3.13. The van der Waals surface area contributed by atoms with Crippen LogP contribution >= 0.6 is 0 Å². The third kappa shape index (κ3) is 4.45. The van der Waals surface area contributed by atoms with Gasteiger partial charge < -0.3 is 29.0 Å². The summed E-state index contributed by atoms with van der Waals surface area (Å²) in [5, 5.41) is 2.90. The van der Waals surface area contributed by atoms with Crippen molar-refractivity contribution in [1.29, 1.82) is 0 Å². The van der Waals surface area contributed by atoms with Crippen LogP contribution in [0.5, 0.6) is 0 Å². The van der Waals surface area contributed by atoms with Gasteiger partial charge >= 0.3 is 0 Å². The zero-order valence-electron chi connectivity index (χ0n) is 17.9. The van der Waals surface area contributed by atoms with Crippen molar-refractivity contribution in [3.8, 4) is 0 Å². The van der Waals surface area contributed by atoms with Gasteiger partial charge in [0.1, 0.15) is 32.3 Å². The Balaban J connectivity index is 1.44. The van der Waals surface area contributed by atoms with Crippen molar-refractivity contribution < 1.29 is 28.5 Å². The third-order valence-electron chi connectivity index (χ3n) is 5.23. The minimum atomic E-state index is -0.780. The Morgan fingerprint density at radius 3 is 2.50 bits per heavy atom. The van der Waals surface area contributed by atoms with Gasteiger partial charge in [0.2, 0.25) is 5.91 Å². The number of pyridine rings is 1. The van der Waals surface area contributed by atoms with Crippen molar-refractivity contribution in [2.24, 2.45) is 0 Å². The van der Waals surface area contributed by atoms with Crippen LogP contribution in [0.3, 0.4) is 0 Å². The Kier molecular flexibility index (Phi) is 5.53. The van der Waals surface area contributed by atoms with Gasteiger partial charge in [-0.25, -0.2) is 0 Å². The van der Waals surface area contributed by atoms with E-state index in [1.165, 1.54) is 0 Å². The van der Waals surface area contributed by atoms with Gasteiger partial charge in [0.15, 0.2) is 17.9 Å². The van der Waals surface area contributed by atoms with Gasteiger partial charge in [-0.2, -0.15) is 0 Å². The van der Waals surface area contributed by atoms with Crippen LogP contribution in [0.4, 0.5) is 0 Å². The Hall–Kier alpha value is -1.78. The number of carbonyl (C=O) groups is 1. The standard InChI is InChI=1S/C21H27BN2O6/c1-11(9-12-7-6-8-14(22)24-12)18(25)23-10-13-15-16(28-20(2,3)27-15)17-19(26-13)30-21(4,5)29-17/h6-9,13,15-17,19H,10H2,1-5H3,(H,23,25)/b11-9+/t13?,15-,16-,17-,19+/m0/s1. The fourth-order valence-electron chi connectivity index (χ4n) is 4.03. The number of aromatic nitrogens is 1. The lowest BCUT2D eigenvalue weighted by atomic mass is 9.99. The molecule has 160 valence electrons. The molecule has 1 unspecified atom stereocenters. The molecule has 5 atom stereocenters. The highest BCUT2D eigenvalue weighted by molar-refractivity contribution is 6.30. The van der Waals surface area contributed by atoms with Crippen molar-refractivity contribution in [3.05, 3.63) is 29.5 Å². The summed E-state index contributed by atoms with van der Waals surface area (Å²) in [5.74, 6) is -1.79. The molecule has 0 bridgehead atoms. The van der Waals surface area contributed by atoms with Crippen molar-refractivity contribution in [2.75, 3.05) is 6.54 Å². The Morgan fingerprint density at radius 2 is 1.77 bits per heavy atom. The second kappa shape index (κ2) is 7.73. The molecular formula is C21H27BN2O6. The third-order valence-corrected chi connectivity index (χ3v) is 5.23. The van der Waals surface area contributed by atoms with Crippen LogP contribution in [0.15, 0.2) is 23.8 Å². The molecule has 1 aromatic heterocycles. The maximum absolute atomic E-state index is 12.6. The van der Waals surface area contributed by atoms with Crippen LogP contribution in [0.1, 0.15) is 40.3 Å². The van der Waals surface area contributed by atoms with Crippen molar-refractivity contribution in [2.45, 2.75) is 76.9 Å². The summed E-state index contributed by atoms with van der Waals surface area (Å²) >= 11 is 0. The van der Waals surface area contributed by atoms with Crippen molar-refractivity contribution in [1.82, 2.24) is 10.3 Å². The number of amides is 1. The van der Waals surface area contributed by atoms with E-state index in [4.69, 9.17) is 31.5 Å². The fraction of sp³-hybridized carbons (Fsp3) is 0.619. The second-order valence-electron chi connectivity index (χ2n) is 8.73. The van der Waals surface area contributed by atoms with Crippen molar-refractivity contribution >= 4 is 25.4 Å². The van der Waals surface area contributed by atoms with Gasteiger partial charge in [-0.15, -0.1) is 0 Å². The number of nitrogens with one attached hydrogen (secondary N) is 1. The molecule has 2 radical (unpaired) electrons. The second-order valence-corrected chi connectivity index (χ2v) is 8.73. The van der Waals surface area contributed by atoms with Gasteiger partial charge in [-0.1, -0.05) is 12.1 Å². The predicted molar refractivity (Wildman–Crippen MR) is 109 cm³/mol. The molecule has 4 rings (SSSR count). The number of rotatable bonds is 4. The van der Waals surface area contributed by atoms with Gasteiger partial charge in [0.05, 0.1) is 5.69 Å². The smallest absolute Gasteiger partial charge is 0.247 e. The summed E-state index contributed by atoms with van der Waals surface area (Å²) in [7, 11) is 5.69. The highest BCUT2D eigenvalue weighted by Crippen LogP contribution is 2.43. The molecule has 0 saturated carbocycles. The summed E-state index contributed by atoms with van der Waals surface area (Å²) in [6.07, 6.45) is -0.489. The average molecular weight is 414 g/mol. The van der Waals surface area contributed by atoms with Crippen LogP contribution < -0.4 is 10.9 Å². The fourth-order valence-corrected chi connectivity index (χ4v) is 4.03. The minimum absolute atomic E-state index is 0.233. The molecule has 30 heavy (non-hydrogen) atoms. The molecule has 3 saturated heterocycles. The van der Waals surface area contributed by atoms with E-state index in [0.29, 0.717) is 16.9 Å². The number of ether oxygens (including phenoxy) is 5. The number of fused-ring (bicyclic) bond motifs is 3.